The number of hydrogen-bond donors (Lipinski definition) is 0. The molecule has 0 aliphatic heterocycles. The molecule has 0 spiro atoms. The predicted molar refractivity (Wildman–Crippen MR) is 53.7 cm³/mol. The number of rotatable bonds is 2. The van der Waals surface area contributed by atoms with E-state index >= 15 is 0 Å². The third-order valence-electron chi connectivity index (χ3n) is 1.99. The predicted octanol–water partition coefficient (Wildman–Crippen LogP) is 1.21. The van der Waals surface area contributed by atoms with E-state index in [1.54, 1.807) is 17.7 Å². The maximum atomic E-state index is 11.5. The summed E-state index contributed by atoms with van der Waals surface area (Å²) in [6.07, 6.45) is 3.36. The Hall–Kier alpha value is -1.91. The summed E-state index contributed by atoms with van der Waals surface area (Å²) in [6, 6.07) is 1.85. The molecule has 0 bridgehead atoms. The zero-order chi connectivity index (χ0) is 10.8. The molecule has 2 aromatic heterocycles. The van der Waals surface area contributed by atoms with Crippen molar-refractivity contribution in [3.8, 4) is 0 Å². The Morgan fingerprint density at radius 3 is 3.13 bits per heavy atom. The number of imidazole rings is 1. The molecule has 0 atom stereocenters. The molecule has 0 saturated carbocycles. The number of carbonyl (C=O) groups is 1. The molecule has 5 heteroatoms. The van der Waals surface area contributed by atoms with Crippen molar-refractivity contribution < 1.29 is 9.53 Å². The minimum absolute atomic E-state index is 0.264. The summed E-state index contributed by atoms with van der Waals surface area (Å²) < 4.78 is 6.57. The van der Waals surface area contributed by atoms with Crippen molar-refractivity contribution in [1.29, 1.82) is 0 Å². The molecule has 2 rings (SSSR count). The van der Waals surface area contributed by atoms with Crippen molar-refractivity contribution in [2.24, 2.45) is 0 Å². The van der Waals surface area contributed by atoms with Crippen LogP contribution >= 0.6 is 0 Å². The van der Waals surface area contributed by atoms with Crippen LogP contribution in [-0.4, -0.2) is 26.9 Å². The fraction of sp³-hybridized carbons (Fsp3) is 0.300. The minimum Gasteiger partial charge on any atom is -0.461 e. The van der Waals surface area contributed by atoms with E-state index in [1.807, 2.05) is 19.2 Å². The number of aryl methyl sites for hydroxylation is 1. The molecule has 0 amide bonds. The van der Waals surface area contributed by atoms with Crippen LogP contribution in [0.5, 0.6) is 0 Å². The average Bonchev–Trinajstić information content (AvgIpc) is 2.60. The highest BCUT2D eigenvalue weighted by Gasteiger charge is 2.15. The molecule has 2 aromatic rings. The summed E-state index contributed by atoms with van der Waals surface area (Å²) in [4.78, 5) is 19.7. The van der Waals surface area contributed by atoms with Crippen molar-refractivity contribution >= 4 is 11.6 Å². The molecule has 0 unspecified atom stereocenters. The maximum absolute atomic E-state index is 11.5. The smallest absolute Gasteiger partial charge is 0.360 e. The second kappa shape index (κ2) is 3.68. The molecule has 0 aliphatic rings. The first-order valence-electron chi connectivity index (χ1n) is 4.70. The number of ether oxygens (including phenoxy) is 1. The fourth-order valence-electron chi connectivity index (χ4n) is 1.31. The first kappa shape index (κ1) is 9.64. The summed E-state index contributed by atoms with van der Waals surface area (Å²) in [5.41, 5.74) is 1.64. The Kier molecular flexibility index (Phi) is 2.37. The van der Waals surface area contributed by atoms with Gasteiger partial charge < -0.3 is 4.74 Å². The Morgan fingerprint density at radius 2 is 2.40 bits per heavy atom. The van der Waals surface area contributed by atoms with Gasteiger partial charge in [0.05, 0.1) is 6.61 Å². The van der Waals surface area contributed by atoms with Crippen molar-refractivity contribution in [3.05, 3.63) is 30.0 Å². The third-order valence-corrected chi connectivity index (χ3v) is 1.99. The summed E-state index contributed by atoms with van der Waals surface area (Å²) >= 11 is 0. The van der Waals surface area contributed by atoms with Crippen LogP contribution in [0.3, 0.4) is 0 Å². The topological polar surface area (TPSA) is 56.5 Å². The molecule has 0 saturated heterocycles. The van der Waals surface area contributed by atoms with Gasteiger partial charge in [-0.3, -0.25) is 4.40 Å². The molecule has 2 heterocycles. The van der Waals surface area contributed by atoms with Gasteiger partial charge >= 0.3 is 5.97 Å². The van der Waals surface area contributed by atoms with Crippen LogP contribution in [0.4, 0.5) is 0 Å². The van der Waals surface area contributed by atoms with Gasteiger partial charge in [-0.05, 0) is 19.9 Å². The Morgan fingerprint density at radius 1 is 1.60 bits per heavy atom. The first-order chi connectivity index (χ1) is 7.22. The first-order valence-corrected chi connectivity index (χ1v) is 4.70. The number of nitrogens with zero attached hydrogens (tertiary/aromatic N) is 3. The van der Waals surface area contributed by atoms with Gasteiger partial charge in [0.15, 0.2) is 11.3 Å². The summed E-state index contributed by atoms with van der Waals surface area (Å²) in [7, 11) is 0. The normalized spacial score (nSPS) is 10.5. The van der Waals surface area contributed by atoms with Gasteiger partial charge in [0.1, 0.15) is 6.33 Å². The lowest BCUT2D eigenvalue weighted by molar-refractivity contribution is 0.0522. The van der Waals surface area contributed by atoms with Crippen LogP contribution < -0.4 is 0 Å². The number of carbonyl (C=O) groups excluding carboxylic acids is 1. The van der Waals surface area contributed by atoms with Gasteiger partial charge in [-0.2, -0.15) is 0 Å². The van der Waals surface area contributed by atoms with E-state index in [-0.39, 0.29) is 5.69 Å². The molecular weight excluding hydrogens is 194 g/mol. The van der Waals surface area contributed by atoms with Gasteiger partial charge in [0, 0.05) is 11.9 Å². The van der Waals surface area contributed by atoms with E-state index in [4.69, 9.17) is 4.74 Å². The van der Waals surface area contributed by atoms with E-state index in [1.165, 1.54) is 0 Å². The minimum atomic E-state index is -0.432. The highest BCUT2D eigenvalue weighted by atomic mass is 16.5. The molecule has 0 aliphatic carbocycles. The fourth-order valence-corrected chi connectivity index (χ4v) is 1.31. The molecule has 0 N–H and O–H groups in total. The van der Waals surface area contributed by atoms with E-state index in [2.05, 4.69) is 9.97 Å². The van der Waals surface area contributed by atoms with Gasteiger partial charge in [-0.15, -0.1) is 0 Å². The van der Waals surface area contributed by atoms with Gasteiger partial charge in [0.25, 0.3) is 0 Å². The van der Waals surface area contributed by atoms with E-state index in [9.17, 15) is 4.79 Å². The molecule has 15 heavy (non-hydrogen) atoms. The number of hydrogen-bond acceptors (Lipinski definition) is 4. The lowest BCUT2D eigenvalue weighted by atomic mass is 10.4. The van der Waals surface area contributed by atoms with Crippen LogP contribution in [-0.2, 0) is 4.74 Å². The molecular formula is C10H11N3O2. The van der Waals surface area contributed by atoms with Crippen LogP contribution in [0.15, 0.2) is 18.6 Å². The standard InChI is InChI=1S/C10H11N3O2/c1-3-15-10(14)8-9-12-7(2)4-5-13(9)6-11-8/h4-6H,3H2,1-2H3. The van der Waals surface area contributed by atoms with Crippen LogP contribution in [0, 0.1) is 6.92 Å². The molecule has 78 valence electrons. The quantitative estimate of drug-likeness (QED) is 0.691. The van der Waals surface area contributed by atoms with E-state index in [0.717, 1.165) is 5.69 Å². The lowest BCUT2D eigenvalue weighted by Crippen LogP contribution is -2.06. The highest BCUT2D eigenvalue weighted by Crippen LogP contribution is 2.08. The Bertz CT molecular complexity index is 504. The lowest BCUT2D eigenvalue weighted by Gasteiger charge is -1.99. The maximum Gasteiger partial charge on any atom is 0.360 e. The van der Waals surface area contributed by atoms with Crippen molar-refractivity contribution in [2.75, 3.05) is 6.61 Å². The Balaban J connectivity index is 2.52. The zero-order valence-corrected chi connectivity index (χ0v) is 8.60. The van der Waals surface area contributed by atoms with Crippen molar-refractivity contribution in [1.82, 2.24) is 14.4 Å². The highest BCUT2D eigenvalue weighted by molar-refractivity contribution is 5.93. The summed E-state index contributed by atoms with van der Waals surface area (Å²) in [6.45, 7) is 3.96. The second-order valence-electron chi connectivity index (χ2n) is 3.11. The van der Waals surface area contributed by atoms with Crippen LogP contribution in [0.2, 0.25) is 0 Å². The SMILES string of the molecule is CCOC(=O)c1ncn2ccc(C)nc12. The van der Waals surface area contributed by atoms with Crippen LogP contribution in [0.1, 0.15) is 23.1 Å². The molecule has 0 aromatic carbocycles. The van der Waals surface area contributed by atoms with Gasteiger partial charge in [-0.25, -0.2) is 14.8 Å². The van der Waals surface area contributed by atoms with Gasteiger partial charge in [0.2, 0.25) is 0 Å². The van der Waals surface area contributed by atoms with Crippen molar-refractivity contribution in [3.63, 3.8) is 0 Å². The van der Waals surface area contributed by atoms with E-state index < -0.39 is 5.97 Å². The molecule has 5 nitrogen and oxygen atoms in total. The summed E-state index contributed by atoms with van der Waals surface area (Å²) in [5, 5.41) is 0. The van der Waals surface area contributed by atoms with E-state index in [0.29, 0.717) is 12.3 Å². The molecule has 0 fully saturated rings. The number of esters is 1. The molecule has 0 radical (unpaired) electrons. The number of aromatic nitrogens is 3. The second-order valence-corrected chi connectivity index (χ2v) is 3.11. The van der Waals surface area contributed by atoms with Crippen molar-refractivity contribution in [2.45, 2.75) is 13.8 Å². The Labute approximate surface area is 86.7 Å². The third kappa shape index (κ3) is 1.68. The average molecular weight is 205 g/mol. The summed E-state index contributed by atoms with van der Waals surface area (Å²) in [5.74, 6) is -0.432. The largest absolute Gasteiger partial charge is 0.461 e. The van der Waals surface area contributed by atoms with Gasteiger partial charge in [-0.1, -0.05) is 0 Å². The monoisotopic (exact) mass is 205 g/mol. The van der Waals surface area contributed by atoms with Crippen LogP contribution in [0.25, 0.3) is 5.65 Å². The zero-order valence-electron chi connectivity index (χ0n) is 8.60. The number of fused-ring (bicyclic) bond motifs is 1.